The van der Waals surface area contributed by atoms with Crippen molar-refractivity contribution in [2.75, 3.05) is 18.8 Å². The fourth-order valence-electron chi connectivity index (χ4n) is 2.03. The van der Waals surface area contributed by atoms with E-state index in [0.29, 0.717) is 17.2 Å². The van der Waals surface area contributed by atoms with Crippen molar-refractivity contribution in [3.8, 4) is 0 Å². The van der Waals surface area contributed by atoms with Gasteiger partial charge in [-0.15, -0.1) is 0 Å². The minimum atomic E-state index is 0.196. The second kappa shape index (κ2) is 5.41. The van der Waals surface area contributed by atoms with Crippen LogP contribution in [-0.4, -0.2) is 35.5 Å². The highest BCUT2D eigenvalue weighted by Crippen LogP contribution is 2.36. The van der Waals surface area contributed by atoms with Crippen LogP contribution < -0.4 is 10.6 Å². The zero-order valence-electron chi connectivity index (χ0n) is 10.1. The van der Waals surface area contributed by atoms with Crippen molar-refractivity contribution >= 4 is 17.7 Å². The van der Waals surface area contributed by atoms with Gasteiger partial charge < -0.3 is 10.6 Å². The summed E-state index contributed by atoms with van der Waals surface area (Å²) in [6.45, 7) is 3.92. The molecule has 2 aliphatic rings. The third-order valence-corrected chi connectivity index (χ3v) is 4.86. The molecule has 1 saturated heterocycles. The van der Waals surface area contributed by atoms with Crippen molar-refractivity contribution in [1.29, 1.82) is 0 Å². The zero-order valence-corrected chi connectivity index (χ0v) is 10.9. The molecule has 3 nitrogen and oxygen atoms in total. The molecule has 0 spiro atoms. The summed E-state index contributed by atoms with van der Waals surface area (Å²) < 4.78 is 0.291. The first kappa shape index (κ1) is 12.2. The standard InChI is InChI=1S/C12H22N2OS/c1-12(6-2-8-16-12)9-14-11(15)5-7-13-10-3-4-10/h10,13H,2-9H2,1H3,(H,14,15). The predicted molar refractivity (Wildman–Crippen MR) is 68.7 cm³/mol. The normalized spacial score (nSPS) is 29.3. The van der Waals surface area contributed by atoms with Crippen molar-refractivity contribution in [3.63, 3.8) is 0 Å². The molecule has 1 heterocycles. The summed E-state index contributed by atoms with van der Waals surface area (Å²) in [6, 6.07) is 0.704. The maximum absolute atomic E-state index is 11.6. The van der Waals surface area contributed by atoms with E-state index in [9.17, 15) is 4.79 Å². The predicted octanol–water partition coefficient (Wildman–Crippen LogP) is 1.53. The van der Waals surface area contributed by atoms with E-state index < -0.39 is 0 Å². The quantitative estimate of drug-likeness (QED) is 0.742. The van der Waals surface area contributed by atoms with Gasteiger partial charge in [-0.3, -0.25) is 4.79 Å². The number of amides is 1. The monoisotopic (exact) mass is 242 g/mol. The Bertz CT molecular complexity index is 247. The molecular weight excluding hydrogens is 220 g/mol. The Labute approximate surface area is 102 Å². The van der Waals surface area contributed by atoms with E-state index in [1.807, 2.05) is 11.8 Å². The molecule has 0 aromatic carbocycles. The van der Waals surface area contributed by atoms with Crippen LogP contribution in [0.25, 0.3) is 0 Å². The Morgan fingerprint density at radius 3 is 2.94 bits per heavy atom. The maximum Gasteiger partial charge on any atom is 0.221 e. The van der Waals surface area contributed by atoms with E-state index >= 15 is 0 Å². The van der Waals surface area contributed by atoms with Crippen molar-refractivity contribution < 1.29 is 4.79 Å². The summed E-state index contributed by atoms with van der Waals surface area (Å²) in [5.41, 5.74) is 0. The van der Waals surface area contributed by atoms with Gasteiger partial charge in [0.2, 0.25) is 5.91 Å². The fourth-order valence-corrected chi connectivity index (χ4v) is 3.27. The smallest absolute Gasteiger partial charge is 0.221 e. The molecule has 0 aromatic heterocycles. The average molecular weight is 242 g/mol. The third-order valence-electron chi connectivity index (χ3n) is 3.32. The number of hydrogen-bond donors (Lipinski definition) is 2. The van der Waals surface area contributed by atoms with Gasteiger partial charge in [0.05, 0.1) is 0 Å². The third kappa shape index (κ3) is 3.98. The highest BCUT2D eigenvalue weighted by Gasteiger charge is 2.29. The van der Waals surface area contributed by atoms with Gasteiger partial charge in [-0.2, -0.15) is 11.8 Å². The van der Waals surface area contributed by atoms with Gasteiger partial charge in [0, 0.05) is 30.3 Å². The van der Waals surface area contributed by atoms with Gasteiger partial charge in [-0.05, 0) is 38.4 Å². The number of carbonyl (C=O) groups excluding carboxylic acids is 1. The molecule has 4 heteroatoms. The van der Waals surface area contributed by atoms with Gasteiger partial charge in [0.15, 0.2) is 0 Å². The Balaban J connectivity index is 1.55. The SMILES string of the molecule is CC1(CNC(=O)CCNC2CC2)CCCS1. The molecule has 1 saturated carbocycles. The van der Waals surface area contributed by atoms with Crippen LogP contribution in [-0.2, 0) is 4.79 Å². The molecule has 0 aromatic rings. The van der Waals surface area contributed by atoms with E-state index in [1.54, 1.807) is 0 Å². The zero-order chi connectivity index (χ0) is 11.4. The molecule has 92 valence electrons. The molecule has 1 unspecified atom stereocenters. The molecule has 1 atom stereocenters. The van der Waals surface area contributed by atoms with Crippen LogP contribution in [0.5, 0.6) is 0 Å². The Morgan fingerprint density at radius 1 is 1.50 bits per heavy atom. The van der Waals surface area contributed by atoms with Crippen molar-refractivity contribution in [3.05, 3.63) is 0 Å². The van der Waals surface area contributed by atoms with Crippen LogP contribution in [0, 0.1) is 0 Å². The fraction of sp³-hybridized carbons (Fsp3) is 0.917. The lowest BCUT2D eigenvalue weighted by Gasteiger charge is -2.22. The lowest BCUT2D eigenvalue weighted by Crippen LogP contribution is -2.37. The highest BCUT2D eigenvalue weighted by atomic mass is 32.2. The minimum absolute atomic E-state index is 0.196. The van der Waals surface area contributed by atoms with E-state index in [0.717, 1.165) is 13.1 Å². The van der Waals surface area contributed by atoms with E-state index in [2.05, 4.69) is 17.6 Å². The van der Waals surface area contributed by atoms with Crippen LogP contribution >= 0.6 is 11.8 Å². The Morgan fingerprint density at radius 2 is 2.31 bits per heavy atom. The van der Waals surface area contributed by atoms with Crippen molar-refractivity contribution in [2.24, 2.45) is 0 Å². The topological polar surface area (TPSA) is 41.1 Å². The molecule has 0 bridgehead atoms. The maximum atomic E-state index is 11.6. The lowest BCUT2D eigenvalue weighted by atomic mass is 10.1. The van der Waals surface area contributed by atoms with Gasteiger partial charge in [-0.25, -0.2) is 0 Å². The molecule has 2 N–H and O–H groups in total. The number of carbonyl (C=O) groups is 1. The molecule has 2 rings (SSSR count). The number of thioether (sulfide) groups is 1. The molecule has 1 amide bonds. The number of nitrogens with one attached hydrogen (secondary N) is 2. The van der Waals surface area contributed by atoms with Crippen LogP contribution in [0.4, 0.5) is 0 Å². The summed E-state index contributed by atoms with van der Waals surface area (Å²) in [5.74, 6) is 1.44. The number of hydrogen-bond acceptors (Lipinski definition) is 3. The van der Waals surface area contributed by atoms with Crippen LogP contribution in [0.1, 0.15) is 39.0 Å². The second-order valence-corrected chi connectivity index (χ2v) is 6.84. The van der Waals surface area contributed by atoms with E-state index in [4.69, 9.17) is 0 Å². The summed E-state index contributed by atoms with van der Waals surface area (Å²) in [7, 11) is 0. The van der Waals surface area contributed by atoms with E-state index in [-0.39, 0.29) is 5.91 Å². The summed E-state index contributed by atoms with van der Waals surface area (Å²) >= 11 is 2.00. The van der Waals surface area contributed by atoms with Crippen LogP contribution in [0.15, 0.2) is 0 Å². The molecule has 0 radical (unpaired) electrons. The summed E-state index contributed by atoms with van der Waals surface area (Å²) in [6.07, 6.45) is 5.72. The lowest BCUT2D eigenvalue weighted by molar-refractivity contribution is -0.121. The second-order valence-electron chi connectivity index (χ2n) is 5.16. The molecule has 2 fully saturated rings. The summed E-state index contributed by atoms with van der Waals surface area (Å²) in [5, 5.41) is 6.42. The van der Waals surface area contributed by atoms with Gasteiger partial charge >= 0.3 is 0 Å². The molecule has 1 aliphatic carbocycles. The van der Waals surface area contributed by atoms with Crippen molar-refractivity contribution in [2.45, 2.75) is 49.8 Å². The van der Waals surface area contributed by atoms with Crippen molar-refractivity contribution in [1.82, 2.24) is 10.6 Å². The first-order chi connectivity index (χ1) is 7.68. The van der Waals surface area contributed by atoms with Crippen LogP contribution in [0.2, 0.25) is 0 Å². The highest BCUT2D eigenvalue weighted by molar-refractivity contribution is 8.00. The van der Waals surface area contributed by atoms with Gasteiger partial charge in [-0.1, -0.05) is 0 Å². The van der Waals surface area contributed by atoms with Gasteiger partial charge in [0.1, 0.15) is 0 Å². The number of rotatable bonds is 6. The van der Waals surface area contributed by atoms with Gasteiger partial charge in [0.25, 0.3) is 0 Å². The first-order valence-corrected chi connectivity index (χ1v) is 7.31. The first-order valence-electron chi connectivity index (χ1n) is 6.32. The van der Waals surface area contributed by atoms with Crippen LogP contribution in [0.3, 0.4) is 0 Å². The largest absolute Gasteiger partial charge is 0.355 e. The average Bonchev–Trinajstić information content (AvgIpc) is 2.98. The Kier molecular flexibility index (Phi) is 4.14. The summed E-state index contributed by atoms with van der Waals surface area (Å²) in [4.78, 5) is 11.6. The molecule has 1 aliphatic heterocycles. The molecular formula is C12H22N2OS. The Hall–Kier alpha value is -0.220. The van der Waals surface area contributed by atoms with E-state index in [1.165, 1.54) is 31.4 Å². The molecule has 16 heavy (non-hydrogen) atoms. The minimum Gasteiger partial charge on any atom is -0.355 e.